The molecule has 0 heterocycles. The Balaban J connectivity index is 3.20. The predicted octanol–water partition coefficient (Wildman–Crippen LogP) is 3.71. The minimum absolute atomic E-state index is 0.221. The zero-order valence-corrected chi connectivity index (χ0v) is 8.21. The molecule has 12 heavy (non-hydrogen) atoms. The molecule has 0 amide bonds. The molecule has 0 aliphatic heterocycles. The molecule has 0 aromatic heterocycles. The molecule has 62 valence electrons. The topological polar surface area (TPSA) is 23.8 Å². The Morgan fingerprint density at radius 1 is 1.25 bits per heavy atom. The monoisotopic (exact) mass is 219 g/mol. The third-order valence-electron chi connectivity index (χ3n) is 1.34. The molecule has 0 atom stereocenters. The number of nitriles is 1. The highest BCUT2D eigenvalue weighted by Gasteiger charge is 2.05. The van der Waals surface area contributed by atoms with E-state index in [1.54, 1.807) is 12.1 Å². The highest BCUT2D eigenvalue weighted by molar-refractivity contribution is 6.43. The Bertz CT molecular complexity index is 341. The maximum absolute atomic E-state index is 8.43. The van der Waals surface area contributed by atoms with Crippen molar-refractivity contribution in [2.24, 2.45) is 0 Å². The molecule has 0 aliphatic rings. The van der Waals surface area contributed by atoms with Crippen molar-refractivity contribution >= 4 is 34.8 Å². The molecule has 0 fully saturated rings. The molecule has 0 saturated heterocycles. The molecule has 0 N–H and O–H groups in total. The van der Waals surface area contributed by atoms with Gasteiger partial charge in [0.2, 0.25) is 0 Å². The molecule has 1 aromatic rings. The molecule has 0 saturated carbocycles. The number of benzene rings is 1. The van der Waals surface area contributed by atoms with Crippen LogP contribution in [0.4, 0.5) is 0 Å². The molecule has 1 aromatic carbocycles. The second kappa shape index (κ2) is 4.00. The number of nitrogens with zero attached hydrogens (tertiary/aromatic N) is 1. The van der Waals surface area contributed by atoms with Gasteiger partial charge in [-0.2, -0.15) is 5.26 Å². The third-order valence-corrected chi connectivity index (χ3v) is 2.40. The van der Waals surface area contributed by atoms with Crippen LogP contribution in [0.5, 0.6) is 0 Å². The first-order valence-electron chi connectivity index (χ1n) is 3.15. The van der Waals surface area contributed by atoms with Crippen LogP contribution in [0.3, 0.4) is 0 Å². The number of hydrogen-bond acceptors (Lipinski definition) is 1. The highest BCUT2D eigenvalue weighted by Crippen LogP contribution is 2.29. The summed E-state index contributed by atoms with van der Waals surface area (Å²) in [6.45, 7) is 0. The van der Waals surface area contributed by atoms with E-state index < -0.39 is 0 Å². The Labute approximate surface area is 85.5 Å². The molecule has 1 rings (SSSR count). The van der Waals surface area contributed by atoms with Crippen molar-refractivity contribution in [1.29, 1.82) is 5.26 Å². The van der Waals surface area contributed by atoms with Gasteiger partial charge in [0.15, 0.2) is 0 Å². The van der Waals surface area contributed by atoms with Crippen molar-refractivity contribution in [2.45, 2.75) is 6.42 Å². The van der Waals surface area contributed by atoms with E-state index in [0.717, 1.165) is 0 Å². The molecule has 4 heteroatoms. The van der Waals surface area contributed by atoms with Gasteiger partial charge in [-0.25, -0.2) is 0 Å². The van der Waals surface area contributed by atoms with E-state index in [9.17, 15) is 0 Å². The standard InChI is InChI=1S/C8H4Cl3N/c9-6-3-5(1-2-12)8(11)7(10)4-6/h3-4H,1H2. The van der Waals surface area contributed by atoms with Gasteiger partial charge in [-0.05, 0) is 17.7 Å². The van der Waals surface area contributed by atoms with Crippen LogP contribution in [0.25, 0.3) is 0 Å². The van der Waals surface area contributed by atoms with Crippen molar-refractivity contribution in [3.05, 3.63) is 32.8 Å². The Morgan fingerprint density at radius 2 is 1.92 bits per heavy atom. The Kier molecular flexibility index (Phi) is 3.22. The van der Waals surface area contributed by atoms with Crippen LogP contribution in [0.2, 0.25) is 15.1 Å². The third kappa shape index (κ3) is 2.04. The second-order valence-electron chi connectivity index (χ2n) is 2.20. The quantitative estimate of drug-likeness (QED) is 0.662. The van der Waals surface area contributed by atoms with E-state index in [2.05, 4.69) is 0 Å². The zero-order chi connectivity index (χ0) is 9.14. The fraction of sp³-hybridized carbons (Fsp3) is 0.125. The van der Waals surface area contributed by atoms with Gasteiger partial charge in [-0.15, -0.1) is 0 Å². The number of hydrogen-bond donors (Lipinski definition) is 0. The van der Waals surface area contributed by atoms with Gasteiger partial charge in [-0.1, -0.05) is 34.8 Å². The maximum Gasteiger partial charge on any atom is 0.0670 e. The van der Waals surface area contributed by atoms with Crippen LogP contribution in [0, 0.1) is 11.3 Å². The van der Waals surface area contributed by atoms with Crippen LogP contribution < -0.4 is 0 Å². The molecule has 0 unspecified atom stereocenters. The SMILES string of the molecule is N#CCc1cc(Cl)cc(Cl)c1Cl. The highest BCUT2D eigenvalue weighted by atomic mass is 35.5. The summed E-state index contributed by atoms with van der Waals surface area (Å²) in [6.07, 6.45) is 0.221. The summed E-state index contributed by atoms with van der Waals surface area (Å²) in [4.78, 5) is 0. The summed E-state index contributed by atoms with van der Waals surface area (Å²) in [6, 6.07) is 5.16. The number of rotatable bonds is 1. The second-order valence-corrected chi connectivity index (χ2v) is 3.42. The van der Waals surface area contributed by atoms with Crippen molar-refractivity contribution in [3.8, 4) is 6.07 Å². The number of halogens is 3. The van der Waals surface area contributed by atoms with Crippen LogP contribution in [-0.4, -0.2) is 0 Å². The van der Waals surface area contributed by atoms with E-state index in [0.29, 0.717) is 20.6 Å². The molecule has 0 radical (unpaired) electrons. The van der Waals surface area contributed by atoms with Gasteiger partial charge < -0.3 is 0 Å². The van der Waals surface area contributed by atoms with Crippen molar-refractivity contribution in [2.75, 3.05) is 0 Å². The van der Waals surface area contributed by atoms with E-state index in [1.165, 1.54) is 0 Å². The molecule has 0 bridgehead atoms. The van der Waals surface area contributed by atoms with E-state index in [-0.39, 0.29) is 6.42 Å². The van der Waals surface area contributed by atoms with Gasteiger partial charge in [-0.3, -0.25) is 0 Å². The first kappa shape index (κ1) is 9.67. The maximum atomic E-state index is 8.43. The summed E-state index contributed by atoms with van der Waals surface area (Å²) in [7, 11) is 0. The predicted molar refractivity (Wildman–Crippen MR) is 50.8 cm³/mol. The average molecular weight is 220 g/mol. The summed E-state index contributed by atoms with van der Waals surface area (Å²) in [5.41, 5.74) is 0.664. The molecular formula is C8H4Cl3N. The molecule has 1 nitrogen and oxygen atoms in total. The Morgan fingerprint density at radius 3 is 2.50 bits per heavy atom. The zero-order valence-electron chi connectivity index (χ0n) is 5.94. The molecule has 0 aliphatic carbocycles. The lowest BCUT2D eigenvalue weighted by Gasteiger charge is -2.01. The van der Waals surface area contributed by atoms with Crippen LogP contribution in [0.1, 0.15) is 5.56 Å². The Hall–Kier alpha value is -0.420. The summed E-state index contributed by atoms with van der Waals surface area (Å²) < 4.78 is 0. The van der Waals surface area contributed by atoms with Crippen molar-refractivity contribution in [3.63, 3.8) is 0 Å². The van der Waals surface area contributed by atoms with Crippen LogP contribution in [0.15, 0.2) is 12.1 Å². The van der Waals surface area contributed by atoms with Gasteiger partial charge in [0.1, 0.15) is 0 Å². The normalized spacial score (nSPS) is 9.50. The summed E-state index contributed by atoms with van der Waals surface area (Å²) in [5, 5.41) is 9.72. The minimum atomic E-state index is 0.221. The van der Waals surface area contributed by atoms with E-state index in [4.69, 9.17) is 40.1 Å². The van der Waals surface area contributed by atoms with Gasteiger partial charge in [0.25, 0.3) is 0 Å². The minimum Gasteiger partial charge on any atom is -0.198 e. The van der Waals surface area contributed by atoms with Gasteiger partial charge >= 0.3 is 0 Å². The first-order chi connectivity index (χ1) is 5.65. The summed E-state index contributed by atoms with van der Waals surface area (Å²) >= 11 is 17.2. The van der Waals surface area contributed by atoms with E-state index in [1.807, 2.05) is 6.07 Å². The fourth-order valence-corrected chi connectivity index (χ4v) is 1.53. The van der Waals surface area contributed by atoms with E-state index >= 15 is 0 Å². The fourth-order valence-electron chi connectivity index (χ4n) is 0.823. The van der Waals surface area contributed by atoms with Gasteiger partial charge in [0, 0.05) is 5.02 Å². The lowest BCUT2D eigenvalue weighted by atomic mass is 10.2. The van der Waals surface area contributed by atoms with Crippen LogP contribution in [-0.2, 0) is 6.42 Å². The largest absolute Gasteiger partial charge is 0.198 e. The van der Waals surface area contributed by atoms with Crippen molar-refractivity contribution in [1.82, 2.24) is 0 Å². The lowest BCUT2D eigenvalue weighted by Crippen LogP contribution is -1.84. The lowest BCUT2D eigenvalue weighted by molar-refractivity contribution is 1.26. The average Bonchev–Trinajstić information content (AvgIpc) is 2.00. The van der Waals surface area contributed by atoms with Gasteiger partial charge in [0.05, 0.1) is 22.5 Å². The molecule has 0 spiro atoms. The molecular weight excluding hydrogens is 216 g/mol. The smallest absolute Gasteiger partial charge is 0.0670 e. The summed E-state index contributed by atoms with van der Waals surface area (Å²) in [5.74, 6) is 0. The van der Waals surface area contributed by atoms with Crippen LogP contribution >= 0.6 is 34.8 Å². The van der Waals surface area contributed by atoms with Crippen molar-refractivity contribution < 1.29 is 0 Å². The first-order valence-corrected chi connectivity index (χ1v) is 4.29.